The van der Waals surface area contributed by atoms with E-state index in [-0.39, 0.29) is 5.54 Å². The van der Waals surface area contributed by atoms with E-state index in [9.17, 15) is 0 Å². The van der Waals surface area contributed by atoms with Crippen molar-refractivity contribution < 1.29 is 0 Å². The zero-order valence-corrected chi connectivity index (χ0v) is 15.4. The van der Waals surface area contributed by atoms with Gasteiger partial charge in [0.15, 0.2) is 0 Å². The molecule has 0 radical (unpaired) electrons. The minimum Gasteiger partial charge on any atom is -0.352 e. The SMILES string of the molecule is Cc1ccccc1N1C(C)c2c(n(C)c3nccn23)C12CCCCC2. The Labute approximate surface area is 149 Å². The van der Waals surface area contributed by atoms with Gasteiger partial charge in [0.1, 0.15) is 0 Å². The third-order valence-corrected chi connectivity index (χ3v) is 6.50. The number of benzene rings is 1. The van der Waals surface area contributed by atoms with E-state index in [4.69, 9.17) is 0 Å². The first-order chi connectivity index (χ1) is 12.1. The lowest BCUT2D eigenvalue weighted by molar-refractivity contribution is 0.273. The predicted molar refractivity (Wildman–Crippen MR) is 101 cm³/mol. The van der Waals surface area contributed by atoms with E-state index in [1.54, 1.807) is 0 Å². The summed E-state index contributed by atoms with van der Waals surface area (Å²) in [6.07, 6.45) is 10.5. The second-order valence-corrected chi connectivity index (χ2v) is 7.81. The van der Waals surface area contributed by atoms with E-state index < -0.39 is 0 Å². The predicted octanol–water partition coefficient (Wildman–Crippen LogP) is 4.72. The Morgan fingerprint density at radius 1 is 1.12 bits per heavy atom. The van der Waals surface area contributed by atoms with Crippen molar-refractivity contribution in [3.63, 3.8) is 0 Å². The van der Waals surface area contributed by atoms with Crippen LogP contribution in [-0.2, 0) is 12.6 Å². The number of para-hydroxylation sites is 1. The number of rotatable bonds is 1. The highest BCUT2D eigenvalue weighted by atomic mass is 15.3. The summed E-state index contributed by atoms with van der Waals surface area (Å²) in [4.78, 5) is 7.34. The molecule has 1 spiro atoms. The van der Waals surface area contributed by atoms with Crippen LogP contribution in [0.4, 0.5) is 5.69 Å². The molecule has 3 heterocycles. The van der Waals surface area contributed by atoms with Gasteiger partial charge in [-0.2, -0.15) is 0 Å². The maximum absolute atomic E-state index is 4.62. The summed E-state index contributed by atoms with van der Waals surface area (Å²) < 4.78 is 4.67. The van der Waals surface area contributed by atoms with Gasteiger partial charge in [0, 0.05) is 25.1 Å². The standard InChI is InChI=1S/C21H26N4/c1-15-9-5-6-10-17(15)25-16(2)18-19(21(25)11-7-4-8-12-21)23(3)20-22-13-14-24(18)20/h5-6,9-10,13-14,16H,4,7-8,11-12H2,1-3H3. The van der Waals surface area contributed by atoms with Crippen molar-refractivity contribution in [2.75, 3.05) is 4.90 Å². The first-order valence-corrected chi connectivity index (χ1v) is 9.52. The first-order valence-electron chi connectivity index (χ1n) is 9.52. The van der Waals surface area contributed by atoms with Gasteiger partial charge in [-0.3, -0.25) is 4.40 Å². The molecule has 2 aromatic heterocycles. The summed E-state index contributed by atoms with van der Waals surface area (Å²) in [7, 11) is 2.20. The van der Waals surface area contributed by atoms with E-state index >= 15 is 0 Å². The molecule has 5 rings (SSSR count). The van der Waals surface area contributed by atoms with Gasteiger partial charge in [-0.05, 0) is 38.3 Å². The summed E-state index contributed by atoms with van der Waals surface area (Å²) in [6, 6.07) is 9.23. The fourth-order valence-corrected chi connectivity index (χ4v) is 5.56. The molecule has 0 N–H and O–H groups in total. The molecule has 4 heteroatoms. The van der Waals surface area contributed by atoms with E-state index in [1.807, 2.05) is 6.20 Å². The van der Waals surface area contributed by atoms with Crippen molar-refractivity contribution in [3.05, 3.63) is 53.6 Å². The van der Waals surface area contributed by atoms with E-state index in [2.05, 4.69) is 70.2 Å². The Morgan fingerprint density at radius 3 is 2.64 bits per heavy atom. The maximum Gasteiger partial charge on any atom is 0.214 e. The molecule has 25 heavy (non-hydrogen) atoms. The second-order valence-electron chi connectivity index (χ2n) is 7.81. The average molecular weight is 334 g/mol. The van der Waals surface area contributed by atoms with Crippen molar-refractivity contribution in [3.8, 4) is 0 Å². The number of aromatic nitrogens is 3. The van der Waals surface area contributed by atoms with Crippen molar-refractivity contribution in [1.82, 2.24) is 14.0 Å². The lowest BCUT2D eigenvalue weighted by Crippen LogP contribution is -2.45. The third kappa shape index (κ3) is 1.80. The molecule has 1 unspecified atom stereocenters. The molecule has 1 saturated carbocycles. The molecule has 1 atom stereocenters. The average Bonchev–Trinajstić information content (AvgIpc) is 3.25. The van der Waals surface area contributed by atoms with Gasteiger partial charge in [0.25, 0.3) is 0 Å². The fourth-order valence-electron chi connectivity index (χ4n) is 5.56. The molecule has 0 amide bonds. The summed E-state index contributed by atoms with van der Waals surface area (Å²) in [5.41, 5.74) is 5.79. The number of aryl methyl sites for hydroxylation is 2. The molecule has 0 bridgehead atoms. The molecule has 4 nitrogen and oxygen atoms in total. The largest absolute Gasteiger partial charge is 0.352 e. The highest BCUT2D eigenvalue weighted by Gasteiger charge is 2.53. The Kier molecular flexibility index (Phi) is 3.09. The number of hydrogen-bond acceptors (Lipinski definition) is 2. The number of imidazole rings is 2. The summed E-state index contributed by atoms with van der Waals surface area (Å²) in [6.45, 7) is 4.61. The van der Waals surface area contributed by atoms with Crippen LogP contribution in [0, 0.1) is 6.92 Å². The smallest absolute Gasteiger partial charge is 0.214 e. The van der Waals surface area contributed by atoms with Crippen molar-refractivity contribution in [1.29, 1.82) is 0 Å². The molecular formula is C21H26N4. The van der Waals surface area contributed by atoms with Crippen LogP contribution in [0.2, 0.25) is 0 Å². The van der Waals surface area contributed by atoms with Crippen LogP contribution in [0.5, 0.6) is 0 Å². The highest BCUT2D eigenvalue weighted by Crippen LogP contribution is 2.56. The Morgan fingerprint density at radius 2 is 1.88 bits per heavy atom. The van der Waals surface area contributed by atoms with Gasteiger partial charge in [0.2, 0.25) is 5.78 Å². The van der Waals surface area contributed by atoms with Crippen LogP contribution in [0.3, 0.4) is 0 Å². The first kappa shape index (κ1) is 15.1. The maximum atomic E-state index is 4.62. The van der Waals surface area contributed by atoms with Crippen LogP contribution in [0.15, 0.2) is 36.7 Å². The molecule has 1 aliphatic heterocycles. The highest BCUT2D eigenvalue weighted by molar-refractivity contribution is 5.63. The summed E-state index contributed by atoms with van der Waals surface area (Å²) in [5.74, 6) is 1.08. The Hall–Kier alpha value is -2.23. The molecule has 1 fully saturated rings. The molecule has 1 aromatic carbocycles. The van der Waals surface area contributed by atoms with Crippen LogP contribution >= 0.6 is 0 Å². The topological polar surface area (TPSA) is 25.5 Å². The second kappa shape index (κ2) is 5.13. The van der Waals surface area contributed by atoms with Gasteiger partial charge >= 0.3 is 0 Å². The number of nitrogens with zero attached hydrogens (tertiary/aromatic N) is 4. The third-order valence-electron chi connectivity index (χ3n) is 6.50. The van der Waals surface area contributed by atoms with Gasteiger partial charge in [0.05, 0.1) is 23.0 Å². The number of fused-ring (bicyclic) bond motifs is 4. The molecule has 2 aliphatic rings. The molecular weight excluding hydrogens is 308 g/mol. The minimum atomic E-state index is 0.106. The van der Waals surface area contributed by atoms with Gasteiger partial charge in [-0.1, -0.05) is 37.5 Å². The molecule has 130 valence electrons. The van der Waals surface area contributed by atoms with Crippen molar-refractivity contribution in [2.45, 2.75) is 57.5 Å². The zero-order chi connectivity index (χ0) is 17.2. The molecule has 1 aliphatic carbocycles. The van der Waals surface area contributed by atoms with Crippen LogP contribution < -0.4 is 4.90 Å². The molecule has 0 saturated heterocycles. The molecule has 3 aromatic rings. The Balaban J connectivity index is 1.81. The van der Waals surface area contributed by atoms with E-state index in [1.165, 1.54) is 54.7 Å². The van der Waals surface area contributed by atoms with Gasteiger partial charge in [-0.15, -0.1) is 0 Å². The van der Waals surface area contributed by atoms with Crippen LogP contribution in [0.1, 0.15) is 62.0 Å². The summed E-state index contributed by atoms with van der Waals surface area (Å²) >= 11 is 0. The van der Waals surface area contributed by atoms with Crippen LogP contribution in [0.25, 0.3) is 5.78 Å². The van der Waals surface area contributed by atoms with Gasteiger partial charge in [-0.25, -0.2) is 4.98 Å². The van der Waals surface area contributed by atoms with Crippen molar-refractivity contribution >= 4 is 11.5 Å². The lowest BCUT2D eigenvalue weighted by atomic mass is 9.79. The van der Waals surface area contributed by atoms with Crippen molar-refractivity contribution in [2.24, 2.45) is 7.05 Å². The van der Waals surface area contributed by atoms with E-state index in [0.29, 0.717) is 6.04 Å². The van der Waals surface area contributed by atoms with Gasteiger partial charge < -0.3 is 9.47 Å². The Bertz CT molecular complexity index is 942. The number of anilines is 1. The lowest BCUT2D eigenvalue weighted by Gasteiger charge is -2.46. The number of hydrogen-bond donors (Lipinski definition) is 0. The normalized spacial score (nSPS) is 22.0. The minimum absolute atomic E-state index is 0.106. The monoisotopic (exact) mass is 334 g/mol. The summed E-state index contributed by atoms with van der Waals surface area (Å²) in [5, 5.41) is 0. The van der Waals surface area contributed by atoms with E-state index in [0.717, 1.165) is 5.78 Å². The zero-order valence-electron chi connectivity index (χ0n) is 15.4. The van der Waals surface area contributed by atoms with Crippen LogP contribution in [-0.4, -0.2) is 14.0 Å². The fraction of sp³-hybridized carbons (Fsp3) is 0.476. The quantitative estimate of drug-likeness (QED) is 0.643.